The van der Waals surface area contributed by atoms with Crippen molar-refractivity contribution in [2.45, 2.75) is 140 Å². The topological polar surface area (TPSA) is 69.3 Å². The van der Waals surface area contributed by atoms with Crippen molar-refractivity contribution in [1.29, 1.82) is 0 Å². The molecule has 2 heterocycles. The predicted molar refractivity (Wildman–Crippen MR) is 157 cm³/mol. The molecule has 3 aliphatic carbocycles. The minimum absolute atomic E-state index is 0. The van der Waals surface area contributed by atoms with Gasteiger partial charge in [-0.15, -0.1) is 13.1 Å². The molecule has 1 unspecified atom stereocenters. The van der Waals surface area contributed by atoms with Gasteiger partial charge in [0, 0.05) is 17.1 Å². The summed E-state index contributed by atoms with van der Waals surface area (Å²) in [5.74, 6) is 0.692. The first-order valence-electron chi connectivity index (χ1n) is 14.2. The van der Waals surface area contributed by atoms with E-state index in [0.717, 1.165) is 31.0 Å². The summed E-state index contributed by atoms with van der Waals surface area (Å²) in [6.07, 6.45) is 16.6. The van der Waals surface area contributed by atoms with Gasteiger partial charge < -0.3 is 21.3 Å². The minimum atomic E-state index is 0. The van der Waals surface area contributed by atoms with Gasteiger partial charge in [0.05, 0.1) is 0 Å². The molecule has 36 heavy (non-hydrogen) atoms. The molecule has 0 spiro atoms. The SMILES string of the molecule is C[C@@H]1C[N-][C@@H]2CCCC[C@H]2[N-]Cc2cc(C3CCCCC3)cc(n2)C[N-][C@@H]2CCCCC2[N-]1.[Cl][Mn][Cl].[HH].[HH].[HH].[HH]. The summed E-state index contributed by atoms with van der Waals surface area (Å²) in [6, 6.07) is 6.47. The van der Waals surface area contributed by atoms with Crippen LogP contribution >= 0.6 is 20.2 Å². The van der Waals surface area contributed by atoms with Crippen LogP contribution in [-0.2, 0) is 26.2 Å². The largest absolute Gasteiger partial charge is 0 e. The Morgan fingerprint density at radius 2 is 1.19 bits per heavy atom. The summed E-state index contributed by atoms with van der Waals surface area (Å²) in [5.41, 5.74) is 3.80. The number of halogens is 2. The van der Waals surface area contributed by atoms with Gasteiger partial charge in [-0.1, -0.05) is 77.6 Å². The molecule has 0 N–H and O–H groups in total. The molecule has 0 saturated heterocycles. The van der Waals surface area contributed by atoms with Crippen LogP contribution < -0.4 is 0 Å². The van der Waals surface area contributed by atoms with Crippen molar-refractivity contribution < 1.29 is 18.8 Å². The first-order chi connectivity index (χ1) is 17.7. The molecule has 213 valence electrons. The zero-order valence-corrected chi connectivity index (χ0v) is 24.5. The van der Waals surface area contributed by atoms with Gasteiger partial charge in [0.15, 0.2) is 0 Å². The molecule has 5 rings (SSSR count). The third-order valence-corrected chi connectivity index (χ3v) is 8.44. The second kappa shape index (κ2) is 15.6. The van der Waals surface area contributed by atoms with E-state index in [1.807, 2.05) is 0 Å². The fraction of sp³-hybridized carbons (Fsp3) is 0.821. The molecule has 0 radical (unpaired) electrons. The summed E-state index contributed by atoms with van der Waals surface area (Å²) in [5, 5.41) is 20.8. The Morgan fingerprint density at radius 3 is 1.78 bits per heavy atom. The van der Waals surface area contributed by atoms with E-state index >= 15 is 0 Å². The predicted octanol–water partition coefficient (Wildman–Crippen LogP) is 10.0. The maximum absolute atomic E-state index is 5.23. The number of pyridine rings is 1. The van der Waals surface area contributed by atoms with E-state index in [4.69, 9.17) is 46.4 Å². The Kier molecular flexibility index (Phi) is 12.6. The quantitative estimate of drug-likeness (QED) is 0.303. The molecule has 1 aliphatic heterocycles. The van der Waals surface area contributed by atoms with E-state index in [1.54, 1.807) is 0 Å². The van der Waals surface area contributed by atoms with E-state index in [0.29, 0.717) is 30.1 Å². The van der Waals surface area contributed by atoms with Crippen molar-refractivity contribution in [3.63, 3.8) is 0 Å². The van der Waals surface area contributed by atoms with Gasteiger partial charge in [-0.05, 0) is 36.5 Å². The van der Waals surface area contributed by atoms with Crippen molar-refractivity contribution >= 4 is 20.2 Å². The number of nitrogens with zero attached hydrogens (tertiary/aromatic N) is 5. The van der Waals surface area contributed by atoms with E-state index in [1.165, 1.54) is 89.0 Å². The van der Waals surface area contributed by atoms with Crippen LogP contribution in [0.4, 0.5) is 0 Å². The Bertz CT molecular complexity index is 797. The number of fused-ring (bicyclic) bond motifs is 4. The van der Waals surface area contributed by atoms with Crippen LogP contribution in [-0.4, -0.2) is 41.7 Å². The van der Waals surface area contributed by atoms with Gasteiger partial charge in [0.25, 0.3) is 0 Å². The van der Waals surface area contributed by atoms with Crippen molar-refractivity contribution in [2.75, 3.05) is 6.54 Å². The molecule has 0 aromatic carbocycles. The summed E-state index contributed by atoms with van der Waals surface area (Å²) < 4.78 is 0. The second-order valence-electron chi connectivity index (χ2n) is 11.2. The van der Waals surface area contributed by atoms with E-state index in [9.17, 15) is 0 Å². The molecule has 1 aromatic rings. The smallest absolute Gasteiger partial charge is 0 e. The zero-order chi connectivity index (χ0) is 25.2. The number of rotatable bonds is 1. The number of hydrogen-bond acceptors (Lipinski definition) is 1. The molecule has 5 nitrogen and oxygen atoms in total. The second-order valence-corrected chi connectivity index (χ2v) is 13.1. The van der Waals surface area contributed by atoms with E-state index in [2.05, 4.69) is 19.1 Å². The van der Waals surface area contributed by atoms with Gasteiger partial charge in [0.2, 0.25) is 0 Å². The average molecular weight is 584 g/mol. The van der Waals surface area contributed by atoms with Crippen LogP contribution in [0.5, 0.6) is 0 Å². The monoisotopic (exact) mass is 582 g/mol. The van der Waals surface area contributed by atoms with Crippen molar-refractivity contribution in [3.05, 3.63) is 50.4 Å². The van der Waals surface area contributed by atoms with Crippen LogP contribution in [0, 0.1) is 0 Å². The maximum atomic E-state index is 5.23. The van der Waals surface area contributed by atoms with Gasteiger partial charge in [-0.3, -0.25) is 4.98 Å². The van der Waals surface area contributed by atoms with Gasteiger partial charge in [-0.25, -0.2) is 0 Å². The van der Waals surface area contributed by atoms with E-state index < -0.39 is 0 Å². The summed E-state index contributed by atoms with van der Waals surface area (Å²) in [6.45, 7) is 4.56. The molecular formula is C28H51Cl2MnN5-4. The Balaban J connectivity index is 0.00000208. The van der Waals surface area contributed by atoms with Crippen molar-refractivity contribution in [2.24, 2.45) is 0 Å². The third kappa shape index (κ3) is 8.81. The summed E-state index contributed by atoms with van der Waals surface area (Å²) in [4.78, 5) is 5.08. The van der Waals surface area contributed by atoms with Gasteiger partial charge >= 0.3 is 33.3 Å². The zero-order valence-electron chi connectivity index (χ0n) is 21.8. The molecule has 5 atom stereocenters. The van der Waals surface area contributed by atoms with Gasteiger partial charge in [0.1, 0.15) is 0 Å². The first kappa shape index (κ1) is 29.1. The van der Waals surface area contributed by atoms with Crippen LogP contribution in [0.15, 0.2) is 12.1 Å². The van der Waals surface area contributed by atoms with Crippen LogP contribution in [0.2, 0.25) is 0 Å². The average Bonchev–Trinajstić information content (AvgIpc) is 2.91. The molecule has 3 fully saturated rings. The molecule has 1 aromatic heterocycles. The molecule has 4 aliphatic rings. The fourth-order valence-electron chi connectivity index (χ4n) is 6.59. The Morgan fingerprint density at radius 1 is 0.722 bits per heavy atom. The Hall–Kier alpha value is 0.0895. The third-order valence-electron chi connectivity index (χ3n) is 8.44. The molecule has 0 amide bonds. The Labute approximate surface area is 240 Å². The van der Waals surface area contributed by atoms with Crippen molar-refractivity contribution in [3.8, 4) is 0 Å². The maximum Gasteiger partial charge on any atom is 0 e. The van der Waals surface area contributed by atoms with E-state index in [-0.39, 0.29) is 24.9 Å². The standard InChI is InChI=1S/C28H43N5.2ClH.Mn.4H2/c1-20-17-29-25-11-5-6-12-26(25)30-18-23-15-22(21-9-3-2-4-10-21)16-24(33-23)19-31-27-13-7-8-14-28(27)32-20;;;;;;;/h15-16,20-21,25-28H,2-14,17-19H2,1H3;2*1H;;4*1H/q-4;;;+2;;;;/p-2/t20-,25-,26-,27-,28?;;;;;;;/m1......./s1. The van der Waals surface area contributed by atoms with Gasteiger partial charge in [-0.2, -0.15) is 36.8 Å². The number of aromatic nitrogens is 1. The molecule has 2 bridgehead atoms. The molecule has 8 heteroatoms. The first-order valence-corrected chi connectivity index (χ1v) is 17.5. The van der Waals surface area contributed by atoms with Crippen LogP contribution in [0.1, 0.15) is 119 Å². The van der Waals surface area contributed by atoms with Crippen LogP contribution in [0.3, 0.4) is 0 Å². The normalized spacial score (nSPS) is 32.6. The summed E-state index contributed by atoms with van der Waals surface area (Å²) in [7, 11) is 9.59. The number of hydrogen-bond donors (Lipinski definition) is 0. The minimum Gasteiger partial charge on any atom is 0 e. The van der Waals surface area contributed by atoms with Crippen molar-refractivity contribution in [1.82, 2.24) is 4.98 Å². The molecular weight excluding hydrogens is 532 g/mol. The molecule has 3 saturated carbocycles. The fourth-order valence-corrected chi connectivity index (χ4v) is 6.59. The summed E-state index contributed by atoms with van der Waals surface area (Å²) >= 11 is 0.00694. The van der Waals surface area contributed by atoms with Crippen LogP contribution in [0.25, 0.3) is 21.3 Å².